The van der Waals surface area contributed by atoms with Gasteiger partial charge < -0.3 is 9.15 Å². The maximum absolute atomic E-state index is 12.6. The van der Waals surface area contributed by atoms with Crippen LogP contribution in [0.1, 0.15) is 17.2 Å². The highest BCUT2D eigenvalue weighted by Crippen LogP contribution is 2.28. The molecule has 3 aromatic carbocycles. The zero-order valence-electron chi connectivity index (χ0n) is 13.5. The lowest BCUT2D eigenvalue weighted by Crippen LogP contribution is -2.18. The molecule has 1 atom stereocenters. The van der Waals surface area contributed by atoms with E-state index >= 15 is 0 Å². The second-order valence-electron chi connectivity index (χ2n) is 5.75. The lowest BCUT2D eigenvalue weighted by Gasteiger charge is -2.19. The zero-order chi connectivity index (χ0) is 17.1. The van der Waals surface area contributed by atoms with E-state index in [2.05, 4.69) is 0 Å². The molecular formula is C22H16O3. The Morgan fingerprint density at radius 3 is 2.16 bits per heavy atom. The average Bonchev–Trinajstić information content (AvgIpc) is 2.67. The first-order valence-corrected chi connectivity index (χ1v) is 8.11. The SMILES string of the molecule is O=c1oc2ccccc2cc1C(Oc1ccccc1)c1ccccc1. The summed E-state index contributed by atoms with van der Waals surface area (Å²) in [5.41, 5.74) is 1.56. The molecule has 0 saturated heterocycles. The Hall–Kier alpha value is -3.33. The van der Waals surface area contributed by atoms with Gasteiger partial charge in [-0.3, -0.25) is 0 Å². The number of rotatable bonds is 4. The van der Waals surface area contributed by atoms with E-state index < -0.39 is 6.10 Å². The smallest absolute Gasteiger partial charge is 0.343 e. The predicted octanol–water partition coefficient (Wildman–Crippen LogP) is 4.96. The van der Waals surface area contributed by atoms with E-state index in [1.807, 2.05) is 84.9 Å². The fraction of sp³-hybridized carbons (Fsp3) is 0.0455. The van der Waals surface area contributed by atoms with E-state index in [0.29, 0.717) is 16.9 Å². The molecule has 0 aliphatic heterocycles. The Morgan fingerprint density at radius 2 is 1.40 bits per heavy atom. The fourth-order valence-electron chi connectivity index (χ4n) is 2.83. The molecule has 0 amide bonds. The molecule has 122 valence electrons. The molecule has 1 heterocycles. The highest BCUT2D eigenvalue weighted by molar-refractivity contribution is 5.76. The Morgan fingerprint density at radius 1 is 0.760 bits per heavy atom. The maximum atomic E-state index is 12.6. The van der Waals surface area contributed by atoms with Crippen molar-refractivity contribution in [3.8, 4) is 5.75 Å². The van der Waals surface area contributed by atoms with Gasteiger partial charge in [-0.25, -0.2) is 4.79 Å². The Bertz CT molecular complexity index is 1040. The van der Waals surface area contributed by atoms with E-state index in [-0.39, 0.29) is 5.63 Å². The molecule has 0 spiro atoms. The van der Waals surface area contributed by atoms with Crippen molar-refractivity contribution in [1.82, 2.24) is 0 Å². The molecular weight excluding hydrogens is 312 g/mol. The standard InChI is InChI=1S/C22H16O3/c23-22-19(15-17-11-7-8-14-20(17)25-22)21(16-9-3-1-4-10-16)24-18-12-5-2-6-13-18/h1-15,21H. The first-order chi connectivity index (χ1) is 12.3. The number of benzene rings is 3. The van der Waals surface area contributed by atoms with Crippen molar-refractivity contribution in [3.63, 3.8) is 0 Å². The molecule has 1 aromatic heterocycles. The van der Waals surface area contributed by atoms with Crippen LogP contribution in [-0.4, -0.2) is 0 Å². The minimum Gasteiger partial charge on any atom is -0.481 e. The van der Waals surface area contributed by atoms with Crippen LogP contribution in [0.3, 0.4) is 0 Å². The van der Waals surface area contributed by atoms with Gasteiger partial charge in [-0.1, -0.05) is 66.7 Å². The average molecular weight is 328 g/mol. The van der Waals surface area contributed by atoms with Crippen LogP contribution in [0.4, 0.5) is 0 Å². The Labute approximate surface area is 145 Å². The van der Waals surface area contributed by atoms with Crippen molar-refractivity contribution in [2.45, 2.75) is 6.10 Å². The topological polar surface area (TPSA) is 39.4 Å². The summed E-state index contributed by atoms with van der Waals surface area (Å²) in [4.78, 5) is 12.6. The van der Waals surface area contributed by atoms with Gasteiger partial charge in [0.25, 0.3) is 0 Å². The summed E-state index contributed by atoms with van der Waals surface area (Å²) in [5.74, 6) is 0.698. The Kier molecular flexibility index (Phi) is 4.05. The van der Waals surface area contributed by atoms with E-state index in [1.54, 1.807) is 6.07 Å². The number of para-hydroxylation sites is 2. The van der Waals surface area contributed by atoms with E-state index in [4.69, 9.17) is 9.15 Å². The van der Waals surface area contributed by atoms with Crippen molar-refractivity contribution in [1.29, 1.82) is 0 Å². The lowest BCUT2D eigenvalue weighted by molar-refractivity contribution is 0.242. The highest BCUT2D eigenvalue weighted by Gasteiger charge is 2.21. The van der Waals surface area contributed by atoms with Crippen LogP contribution in [0.5, 0.6) is 5.75 Å². The number of hydrogen-bond acceptors (Lipinski definition) is 3. The first kappa shape index (κ1) is 15.2. The summed E-state index contributed by atoms with van der Waals surface area (Å²) < 4.78 is 11.7. The van der Waals surface area contributed by atoms with Crippen LogP contribution in [0.25, 0.3) is 11.0 Å². The maximum Gasteiger partial charge on any atom is 0.343 e. The van der Waals surface area contributed by atoms with Gasteiger partial charge in [0.1, 0.15) is 11.3 Å². The van der Waals surface area contributed by atoms with Gasteiger partial charge in [0.05, 0.1) is 5.56 Å². The lowest BCUT2D eigenvalue weighted by atomic mass is 10.0. The second kappa shape index (κ2) is 6.65. The normalized spacial score (nSPS) is 12.0. The van der Waals surface area contributed by atoms with Crippen LogP contribution < -0.4 is 10.4 Å². The van der Waals surface area contributed by atoms with E-state index in [1.165, 1.54) is 0 Å². The molecule has 4 aromatic rings. The number of hydrogen-bond donors (Lipinski definition) is 0. The molecule has 4 rings (SSSR count). The molecule has 25 heavy (non-hydrogen) atoms. The molecule has 1 unspecified atom stereocenters. The van der Waals surface area contributed by atoms with Crippen LogP contribution >= 0.6 is 0 Å². The molecule has 0 radical (unpaired) electrons. The molecule has 0 fully saturated rings. The zero-order valence-corrected chi connectivity index (χ0v) is 13.5. The third-order valence-corrected chi connectivity index (χ3v) is 4.05. The van der Waals surface area contributed by atoms with Gasteiger partial charge in [0.2, 0.25) is 0 Å². The minimum absolute atomic E-state index is 0.386. The molecule has 3 heteroatoms. The number of ether oxygens (including phenoxy) is 1. The van der Waals surface area contributed by atoms with Gasteiger partial charge in [-0.05, 0) is 29.8 Å². The van der Waals surface area contributed by atoms with Gasteiger partial charge in [-0.15, -0.1) is 0 Å². The van der Waals surface area contributed by atoms with Crippen molar-refractivity contribution in [2.75, 3.05) is 0 Å². The summed E-state index contributed by atoms with van der Waals surface area (Å²) in [7, 11) is 0. The van der Waals surface area contributed by atoms with Crippen molar-refractivity contribution >= 4 is 11.0 Å². The monoisotopic (exact) mass is 328 g/mol. The van der Waals surface area contributed by atoms with Crippen LogP contribution in [0.2, 0.25) is 0 Å². The quantitative estimate of drug-likeness (QED) is 0.497. The summed E-state index contributed by atoms with van der Waals surface area (Å²) in [5, 5.41) is 0.870. The third-order valence-electron chi connectivity index (χ3n) is 4.05. The van der Waals surface area contributed by atoms with Crippen molar-refractivity contribution < 1.29 is 9.15 Å². The molecule has 0 N–H and O–H groups in total. The highest BCUT2D eigenvalue weighted by atomic mass is 16.5. The fourth-order valence-corrected chi connectivity index (χ4v) is 2.83. The molecule has 0 aliphatic rings. The van der Waals surface area contributed by atoms with Gasteiger partial charge in [0, 0.05) is 5.39 Å². The third kappa shape index (κ3) is 3.17. The molecule has 0 saturated carbocycles. The van der Waals surface area contributed by atoms with E-state index in [0.717, 1.165) is 10.9 Å². The predicted molar refractivity (Wildman–Crippen MR) is 97.8 cm³/mol. The van der Waals surface area contributed by atoms with Gasteiger partial charge in [-0.2, -0.15) is 0 Å². The molecule has 0 aliphatic carbocycles. The summed E-state index contributed by atoms with van der Waals surface area (Å²) in [6.45, 7) is 0. The molecule has 3 nitrogen and oxygen atoms in total. The van der Waals surface area contributed by atoms with Crippen molar-refractivity contribution in [2.24, 2.45) is 0 Å². The number of fused-ring (bicyclic) bond motifs is 1. The second-order valence-corrected chi connectivity index (χ2v) is 5.75. The van der Waals surface area contributed by atoms with Crippen LogP contribution in [0, 0.1) is 0 Å². The van der Waals surface area contributed by atoms with Crippen molar-refractivity contribution in [3.05, 3.63) is 113 Å². The van der Waals surface area contributed by atoms with Crippen LogP contribution in [0.15, 0.2) is 100 Å². The van der Waals surface area contributed by atoms with Gasteiger partial charge >= 0.3 is 5.63 Å². The summed E-state index contributed by atoms with van der Waals surface area (Å²) >= 11 is 0. The first-order valence-electron chi connectivity index (χ1n) is 8.11. The molecule has 0 bridgehead atoms. The largest absolute Gasteiger partial charge is 0.481 e. The van der Waals surface area contributed by atoms with Crippen LogP contribution in [-0.2, 0) is 0 Å². The summed E-state index contributed by atoms with van der Waals surface area (Å²) in [6.07, 6.45) is -0.538. The summed E-state index contributed by atoms with van der Waals surface area (Å²) in [6, 6.07) is 28.5. The minimum atomic E-state index is -0.538. The Balaban J connectivity index is 1.86. The van der Waals surface area contributed by atoms with Gasteiger partial charge in [0.15, 0.2) is 6.10 Å². The van der Waals surface area contributed by atoms with E-state index in [9.17, 15) is 4.79 Å².